The van der Waals surface area contributed by atoms with Crippen LogP contribution < -0.4 is 5.32 Å². The maximum absolute atomic E-state index is 12.4. The lowest BCUT2D eigenvalue weighted by molar-refractivity contribution is 0.0937. The van der Waals surface area contributed by atoms with Crippen molar-refractivity contribution in [2.24, 2.45) is 0 Å². The minimum absolute atomic E-state index is 0.0289. The summed E-state index contributed by atoms with van der Waals surface area (Å²) in [6, 6.07) is 14.6. The van der Waals surface area contributed by atoms with E-state index in [-0.39, 0.29) is 11.9 Å². The summed E-state index contributed by atoms with van der Waals surface area (Å²) >= 11 is 0. The molecule has 116 valence electrons. The number of benzene rings is 2. The molecule has 0 aliphatic heterocycles. The van der Waals surface area contributed by atoms with Gasteiger partial charge >= 0.3 is 0 Å². The maximum Gasteiger partial charge on any atom is 0.251 e. The first-order valence-electron chi connectivity index (χ1n) is 7.90. The zero-order valence-electron chi connectivity index (χ0n) is 13.9. The van der Waals surface area contributed by atoms with Gasteiger partial charge in [-0.15, -0.1) is 0 Å². The normalized spacial score (nSPS) is 12.0. The van der Waals surface area contributed by atoms with Crippen LogP contribution in [-0.2, 0) is 6.42 Å². The van der Waals surface area contributed by atoms with Gasteiger partial charge in [0.1, 0.15) is 0 Å². The molecule has 1 N–H and O–H groups in total. The highest BCUT2D eigenvalue weighted by Gasteiger charge is 2.13. The Labute approximate surface area is 133 Å². The fourth-order valence-corrected chi connectivity index (χ4v) is 2.61. The summed E-state index contributed by atoms with van der Waals surface area (Å²) < 4.78 is 0. The Kier molecular flexibility index (Phi) is 5.37. The average Bonchev–Trinajstić information content (AvgIpc) is 2.50. The van der Waals surface area contributed by atoms with E-state index in [0.717, 1.165) is 29.5 Å². The van der Waals surface area contributed by atoms with Crippen LogP contribution in [0.25, 0.3) is 0 Å². The van der Waals surface area contributed by atoms with E-state index in [4.69, 9.17) is 0 Å². The van der Waals surface area contributed by atoms with Crippen LogP contribution in [0.15, 0.2) is 42.5 Å². The van der Waals surface area contributed by atoms with Crippen LogP contribution in [0.2, 0.25) is 0 Å². The minimum Gasteiger partial charge on any atom is -0.350 e. The Morgan fingerprint density at radius 2 is 1.64 bits per heavy atom. The van der Waals surface area contributed by atoms with E-state index in [0.29, 0.717) is 0 Å². The minimum atomic E-state index is 0.0289. The number of hydrogen-bond donors (Lipinski definition) is 1. The van der Waals surface area contributed by atoms with Crippen molar-refractivity contribution in [1.82, 2.24) is 5.32 Å². The van der Waals surface area contributed by atoms with Gasteiger partial charge in [0.25, 0.3) is 5.91 Å². The van der Waals surface area contributed by atoms with E-state index in [2.05, 4.69) is 49.5 Å². The van der Waals surface area contributed by atoms with Crippen molar-refractivity contribution in [3.63, 3.8) is 0 Å². The third kappa shape index (κ3) is 4.20. The Hall–Kier alpha value is -2.09. The van der Waals surface area contributed by atoms with Crippen molar-refractivity contribution in [3.8, 4) is 0 Å². The summed E-state index contributed by atoms with van der Waals surface area (Å²) in [7, 11) is 0. The first-order chi connectivity index (χ1) is 10.5. The van der Waals surface area contributed by atoms with Crippen LogP contribution >= 0.6 is 0 Å². The molecule has 0 heterocycles. The summed E-state index contributed by atoms with van der Waals surface area (Å²) in [4.78, 5) is 12.4. The largest absolute Gasteiger partial charge is 0.350 e. The average molecular weight is 295 g/mol. The van der Waals surface area contributed by atoms with Gasteiger partial charge in [-0.2, -0.15) is 0 Å². The number of rotatable bonds is 5. The molecule has 22 heavy (non-hydrogen) atoms. The van der Waals surface area contributed by atoms with E-state index in [1.165, 1.54) is 11.1 Å². The predicted molar refractivity (Wildman–Crippen MR) is 92.3 cm³/mol. The summed E-state index contributed by atoms with van der Waals surface area (Å²) in [5.41, 5.74) is 5.52. The molecular formula is C20H25NO. The van der Waals surface area contributed by atoms with Gasteiger partial charge in [-0.05, 0) is 68.9 Å². The molecule has 0 aliphatic rings. The fourth-order valence-electron chi connectivity index (χ4n) is 2.61. The molecule has 0 spiro atoms. The van der Waals surface area contributed by atoms with Crippen molar-refractivity contribution in [2.75, 3.05) is 0 Å². The second-order valence-electron chi connectivity index (χ2n) is 6.15. The molecule has 0 fully saturated rings. The smallest absolute Gasteiger partial charge is 0.251 e. The zero-order chi connectivity index (χ0) is 16.1. The Balaban J connectivity index is 1.95. The molecule has 0 saturated heterocycles. The molecule has 2 rings (SSSR count). The zero-order valence-corrected chi connectivity index (χ0v) is 13.9. The van der Waals surface area contributed by atoms with Crippen molar-refractivity contribution in [3.05, 3.63) is 70.3 Å². The van der Waals surface area contributed by atoms with Crippen LogP contribution in [-0.4, -0.2) is 11.9 Å². The van der Waals surface area contributed by atoms with E-state index in [9.17, 15) is 4.79 Å². The van der Waals surface area contributed by atoms with Gasteiger partial charge in [0.05, 0.1) is 0 Å². The standard InChI is InChI=1S/C20H25NO/c1-14-12-16(3)19(13-15(14)2)20(22)21-17(4)10-11-18-8-6-5-7-9-18/h5-9,12-13,17H,10-11H2,1-4H3,(H,21,22)/t17-/m1/s1. The van der Waals surface area contributed by atoms with Gasteiger partial charge < -0.3 is 5.32 Å². The van der Waals surface area contributed by atoms with Gasteiger partial charge in [-0.25, -0.2) is 0 Å². The lowest BCUT2D eigenvalue weighted by atomic mass is 10.00. The Bertz CT molecular complexity index is 646. The van der Waals surface area contributed by atoms with Gasteiger partial charge in [-0.1, -0.05) is 36.4 Å². The van der Waals surface area contributed by atoms with Crippen molar-refractivity contribution >= 4 is 5.91 Å². The molecule has 0 radical (unpaired) electrons. The van der Waals surface area contributed by atoms with Gasteiger partial charge in [-0.3, -0.25) is 4.79 Å². The number of nitrogens with one attached hydrogen (secondary N) is 1. The Morgan fingerprint density at radius 3 is 2.32 bits per heavy atom. The highest BCUT2D eigenvalue weighted by atomic mass is 16.1. The lowest BCUT2D eigenvalue weighted by Crippen LogP contribution is -2.33. The number of hydrogen-bond acceptors (Lipinski definition) is 1. The molecule has 2 heteroatoms. The SMILES string of the molecule is Cc1cc(C)c(C(=O)N[C@H](C)CCc2ccccc2)cc1C. The number of aryl methyl sites for hydroxylation is 4. The fraction of sp³-hybridized carbons (Fsp3) is 0.350. The third-order valence-electron chi connectivity index (χ3n) is 4.17. The molecule has 1 amide bonds. The highest BCUT2D eigenvalue weighted by Crippen LogP contribution is 2.15. The van der Waals surface area contributed by atoms with Crippen molar-refractivity contribution in [1.29, 1.82) is 0 Å². The van der Waals surface area contributed by atoms with Crippen molar-refractivity contribution < 1.29 is 4.79 Å². The second kappa shape index (κ2) is 7.26. The molecule has 2 aromatic carbocycles. The first-order valence-corrected chi connectivity index (χ1v) is 7.90. The van der Waals surface area contributed by atoms with Crippen LogP contribution in [0, 0.1) is 20.8 Å². The number of amides is 1. The molecule has 0 aliphatic carbocycles. The molecule has 0 aromatic heterocycles. The molecule has 0 unspecified atom stereocenters. The van der Waals surface area contributed by atoms with Crippen LogP contribution in [0.4, 0.5) is 0 Å². The van der Waals surface area contributed by atoms with Crippen LogP contribution in [0.3, 0.4) is 0 Å². The van der Waals surface area contributed by atoms with Gasteiger partial charge in [0.2, 0.25) is 0 Å². The predicted octanol–water partition coefficient (Wildman–Crippen LogP) is 4.36. The van der Waals surface area contributed by atoms with Crippen molar-refractivity contribution in [2.45, 2.75) is 46.6 Å². The molecular weight excluding hydrogens is 270 g/mol. The summed E-state index contributed by atoms with van der Waals surface area (Å²) in [6.07, 6.45) is 1.92. The number of carbonyl (C=O) groups is 1. The van der Waals surface area contributed by atoms with E-state index >= 15 is 0 Å². The Morgan fingerprint density at radius 1 is 1.00 bits per heavy atom. The summed E-state index contributed by atoms with van der Waals surface area (Å²) in [5.74, 6) is 0.0289. The van der Waals surface area contributed by atoms with Crippen LogP contribution in [0.5, 0.6) is 0 Å². The van der Waals surface area contributed by atoms with Gasteiger partial charge in [0, 0.05) is 11.6 Å². The van der Waals surface area contributed by atoms with E-state index in [1.54, 1.807) is 0 Å². The summed E-state index contributed by atoms with van der Waals surface area (Å²) in [6.45, 7) is 8.18. The quantitative estimate of drug-likeness (QED) is 0.872. The van der Waals surface area contributed by atoms with Gasteiger partial charge in [0.15, 0.2) is 0 Å². The number of carbonyl (C=O) groups excluding carboxylic acids is 1. The first kappa shape index (κ1) is 16.3. The lowest BCUT2D eigenvalue weighted by Gasteiger charge is -2.16. The highest BCUT2D eigenvalue weighted by molar-refractivity contribution is 5.96. The summed E-state index contributed by atoms with van der Waals surface area (Å²) in [5, 5.41) is 3.11. The maximum atomic E-state index is 12.4. The second-order valence-corrected chi connectivity index (χ2v) is 6.15. The molecule has 0 saturated carbocycles. The monoisotopic (exact) mass is 295 g/mol. The molecule has 2 nitrogen and oxygen atoms in total. The van der Waals surface area contributed by atoms with Crippen LogP contribution in [0.1, 0.15) is 46.0 Å². The third-order valence-corrected chi connectivity index (χ3v) is 4.17. The van der Waals surface area contributed by atoms with E-state index in [1.807, 2.05) is 26.0 Å². The molecule has 0 bridgehead atoms. The topological polar surface area (TPSA) is 29.1 Å². The molecule has 1 atom stereocenters. The molecule has 2 aromatic rings. The van der Waals surface area contributed by atoms with E-state index < -0.39 is 0 Å².